The van der Waals surface area contributed by atoms with Crippen LogP contribution in [0.5, 0.6) is 0 Å². The van der Waals surface area contributed by atoms with Crippen molar-refractivity contribution in [1.29, 1.82) is 0 Å². The van der Waals surface area contributed by atoms with E-state index in [1.165, 1.54) is 18.4 Å². The van der Waals surface area contributed by atoms with Gasteiger partial charge in [-0.3, -0.25) is 5.10 Å². The third-order valence-electron chi connectivity index (χ3n) is 2.87. The Kier molecular flexibility index (Phi) is 3.38. The predicted octanol–water partition coefficient (Wildman–Crippen LogP) is 0.948. The van der Waals surface area contributed by atoms with Crippen LogP contribution in [0.4, 0.5) is 0 Å². The number of nitrogens with one attached hydrogen (secondary N) is 3. The molecule has 0 spiro atoms. The zero-order chi connectivity index (χ0) is 10.7. The summed E-state index contributed by atoms with van der Waals surface area (Å²) in [6.45, 7) is 6.22. The van der Waals surface area contributed by atoms with Gasteiger partial charge in [0, 0.05) is 36.4 Å². The molecular weight excluding hydrogens is 188 g/mol. The van der Waals surface area contributed by atoms with E-state index in [0.29, 0.717) is 6.04 Å². The lowest BCUT2D eigenvalue weighted by molar-refractivity contribution is 0.499. The third kappa shape index (κ3) is 3.32. The number of rotatable bonds is 6. The largest absolute Gasteiger partial charge is 0.312 e. The number of hydrogen-bond acceptors (Lipinski definition) is 3. The predicted molar refractivity (Wildman–Crippen MR) is 60.7 cm³/mol. The van der Waals surface area contributed by atoms with Crippen LogP contribution in [0, 0.1) is 6.92 Å². The van der Waals surface area contributed by atoms with Gasteiger partial charge in [-0.15, -0.1) is 0 Å². The van der Waals surface area contributed by atoms with Gasteiger partial charge in [0.15, 0.2) is 0 Å². The fourth-order valence-corrected chi connectivity index (χ4v) is 1.54. The van der Waals surface area contributed by atoms with Crippen LogP contribution in [-0.2, 0) is 6.54 Å². The van der Waals surface area contributed by atoms with Gasteiger partial charge in [0.25, 0.3) is 0 Å². The lowest BCUT2D eigenvalue weighted by Crippen LogP contribution is -2.36. The molecular formula is C11H20N4. The van der Waals surface area contributed by atoms with Gasteiger partial charge in [-0.05, 0) is 26.7 Å². The molecule has 4 nitrogen and oxygen atoms in total. The van der Waals surface area contributed by atoms with E-state index in [4.69, 9.17) is 0 Å². The number of aromatic amines is 1. The highest BCUT2D eigenvalue weighted by Gasteiger charge is 2.20. The Morgan fingerprint density at radius 3 is 3.00 bits per heavy atom. The van der Waals surface area contributed by atoms with Crippen molar-refractivity contribution in [2.45, 2.75) is 45.3 Å². The topological polar surface area (TPSA) is 52.7 Å². The molecule has 2 rings (SSSR count). The molecule has 1 aromatic heterocycles. The first-order valence-electron chi connectivity index (χ1n) is 5.71. The quantitative estimate of drug-likeness (QED) is 0.652. The molecule has 0 radical (unpaired) electrons. The molecule has 1 heterocycles. The highest BCUT2D eigenvalue weighted by Crippen LogP contribution is 2.18. The highest BCUT2D eigenvalue weighted by molar-refractivity contribution is 5.13. The van der Waals surface area contributed by atoms with Crippen LogP contribution in [0.15, 0.2) is 6.20 Å². The molecule has 84 valence electrons. The molecule has 0 amide bonds. The summed E-state index contributed by atoms with van der Waals surface area (Å²) < 4.78 is 0. The number of hydrogen-bond donors (Lipinski definition) is 3. The molecule has 1 fully saturated rings. The first kappa shape index (κ1) is 10.6. The van der Waals surface area contributed by atoms with Crippen molar-refractivity contribution in [1.82, 2.24) is 20.8 Å². The molecule has 0 bridgehead atoms. The molecule has 15 heavy (non-hydrogen) atoms. The minimum Gasteiger partial charge on any atom is -0.312 e. The molecule has 0 aromatic carbocycles. The second kappa shape index (κ2) is 4.77. The summed E-state index contributed by atoms with van der Waals surface area (Å²) in [6.07, 6.45) is 4.60. The summed E-state index contributed by atoms with van der Waals surface area (Å²) >= 11 is 0. The standard InChI is InChI=1S/C11H20N4/c1-8(5-13-11-3-4-11)12-6-10-7-14-15-9(10)2/h7-8,11-13H,3-6H2,1-2H3,(H,14,15). The summed E-state index contributed by atoms with van der Waals surface area (Å²) in [5.74, 6) is 0. The number of aryl methyl sites for hydroxylation is 1. The van der Waals surface area contributed by atoms with Crippen LogP contribution in [0.1, 0.15) is 31.0 Å². The van der Waals surface area contributed by atoms with Crippen LogP contribution in [0.2, 0.25) is 0 Å². The fourth-order valence-electron chi connectivity index (χ4n) is 1.54. The Morgan fingerprint density at radius 2 is 2.40 bits per heavy atom. The Balaban J connectivity index is 1.65. The summed E-state index contributed by atoms with van der Waals surface area (Å²) in [4.78, 5) is 0. The molecule has 0 aliphatic heterocycles. The normalized spacial score (nSPS) is 18.0. The lowest BCUT2D eigenvalue weighted by Gasteiger charge is -2.14. The van der Waals surface area contributed by atoms with Crippen LogP contribution >= 0.6 is 0 Å². The average Bonchev–Trinajstić information content (AvgIpc) is 2.96. The Hall–Kier alpha value is -0.870. The second-order valence-electron chi connectivity index (χ2n) is 4.48. The van der Waals surface area contributed by atoms with Crippen LogP contribution in [0.25, 0.3) is 0 Å². The van der Waals surface area contributed by atoms with E-state index < -0.39 is 0 Å². The van der Waals surface area contributed by atoms with Crippen molar-refractivity contribution in [3.05, 3.63) is 17.5 Å². The number of aromatic nitrogens is 2. The second-order valence-corrected chi connectivity index (χ2v) is 4.48. The van der Waals surface area contributed by atoms with E-state index in [-0.39, 0.29) is 0 Å². The molecule has 1 atom stereocenters. The van der Waals surface area contributed by atoms with Gasteiger partial charge in [-0.1, -0.05) is 0 Å². The molecule has 1 aliphatic carbocycles. The lowest BCUT2D eigenvalue weighted by atomic mass is 10.2. The van der Waals surface area contributed by atoms with Gasteiger partial charge in [0.1, 0.15) is 0 Å². The summed E-state index contributed by atoms with van der Waals surface area (Å²) in [5.41, 5.74) is 2.41. The van der Waals surface area contributed by atoms with Gasteiger partial charge in [-0.2, -0.15) is 5.10 Å². The zero-order valence-corrected chi connectivity index (χ0v) is 9.51. The summed E-state index contributed by atoms with van der Waals surface area (Å²) in [7, 11) is 0. The van der Waals surface area contributed by atoms with Crippen LogP contribution < -0.4 is 10.6 Å². The van der Waals surface area contributed by atoms with Gasteiger partial charge in [0.2, 0.25) is 0 Å². The van der Waals surface area contributed by atoms with Gasteiger partial charge in [0.05, 0.1) is 6.20 Å². The van der Waals surface area contributed by atoms with Gasteiger partial charge >= 0.3 is 0 Å². The van der Waals surface area contributed by atoms with E-state index in [2.05, 4.69) is 34.7 Å². The first-order chi connectivity index (χ1) is 7.25. The molecule has 1 aliphatic rings. The minimum absolute atomic E-state index is 0.514. The van der Waals surface area contributed by atoms with Gasteiger partial charge < -0.3 is 10.6 Å². The van der Waals surface area contributed by atoms with Crippen molar-refractivity contribution in [2.24, 2.45) is 0 Å². The minimum atomic E-state index is 0.514. The molecule has 0 saturated heterocycles. The number of H-pyrrole nitrogens is 1. The summed E-state index contributed by atoms with van der Waals surface area (Å²) in [6, 6.07) is 1.31. The Labute approximate surface area is 90.8 Å². The van der Waals surface area contributed by atoms with Crippen molar-refractivity contribution < 1.29 is 0 Å². The van der Waals surface area contributed by atoms with E-state index >= 15 is 0 Å². The monoisotopic (exact) mass is 208 g/mol. The number of nitrogens with zero attached hydrogens (tertiary/aromatic N) is 1. The molecule has 1 aromatic rings. The van der Waals surface area contributed by atoms with E-state index in [1.807, 2.05) is 6.20 Å². The van der Waals surface area contributed by atoms with Crippen molar-refractivity contribution in [3.63, 3.8) is 0 Å². The third-order valence-corrected chi connectivity index (χ3v) is 2.87. The van der Waals surface area contributed by atoms with Crippen molar-refractivity contribution in [2.75, 3.05) is 6.54 Å². The zero-order valence-electron chi connectivity index (χ0n) is 9.51. The molecule has 3 N–H and O–H groups in total. The van der Waals surface area contributed by atoms with E-state index in [0.717, 1.165) is 24.8 Å². The van der Waals surface area contributed by atoms with Gasteiger partial charge in [-0.25, -0.2) is 0 Å². The SMILES string of the molecule is Cc1[nH]ncc1CNC(C)CNC1CC1. The van der Waals surface area contributed by atoms with Crippen LogP contribution in [-0.4, -0.2) is 28.8 Å². The summed E-state index contributed by atoms with van der Waals surface area (Å²) in [5, 5.41) is 14.0. The molecule has 4 heteroatoms. The van der Waals surface area contributed by atoms with Crippen molar-refractivity contribution >= 4 is 0 Å². The first-order valence-corrected chi connectivity index (χ1v) is 5.71. The molecule has 1 saturated carbocycles. The van der Waals surface area contributed by atoms with E-state index in [9.17, 15) is 0 Å². The average molecular weight is 208 g/mol. The van der Waals surface area contributed by atoms with E-state index in [1.54, 1.807) is 0 Å². The maximum Gasteiger partial charge on any atom is 0.0535 e. The fraction of sp³-hybridized carbons (Fsp3) is 0.727. The van der Waals surface area contributed by atoms with Crippen LogP contribution in [0.3, 0.4) is 0 Å². The maximum atomic E-state index is 4.00. The molecule has 1 unspecified atom stereocenters. The highest BCUT2D eigenvalue weighted by atomic mass is 15.1. The maximum absolute atomic E-state index is 4.00. The van der Waals surface area contributed by atoms with Crippen molar-refractivity contribution in [3.8, 4) is 0 Å². The Morgan fingerprint density at radius 1 is 1.60 bits per heavy atom. The Bertz CT molecular complexity index is 303. The smallest absolute Gasteiger partial charge is 0.0535 e.